The molecule has 0 bridgehead atoms. The van der Waals surface area contributed by atoms with Crippen LogP contribution < -0.4 is 15.0 Å². The lowest BCUT2D eigenvalue weighted by molar-refractivity contribution is -0.122. The molecule has 6 nitrogen and oxygen atoms in total. The van der Waals surface area contributed by atoms with E-state index in [0.717, 1.165) is 38.0 Å². The molecule has 1 aromatic heterocycles. The van der Waals surface area contributed by atoms with Crippen LogP contribution in [-0.2, 0) is 4.79 Å². The second-order valence-corrected chi connectivity index (χ2v) is 5.28. The van der Waals surface area contributed by atoms with Crippen LogP contribution in [0.15, 0.2) is 12.4 Å². The summed E-state index contributed by atoms with van der Waals surface area (Å²) in [4.78, 5) is 22.9. The molecule has 1 aromatic rings. The van der Waals surface area contributed by atoms with Crippen LogP contribution in [0.4, 0.5) is 5.82 Å². The van der Waals surface area contributed by atoms with Crippen LogP contribution in [0, 0.1) is 0 Å². The second kappa shape index (κ2) is 5.64. The summed E-state index contributed by atoms with van der Waals surface area (Å²) in [6, 6.07) is 0.271. The number of nitrogens with zero attached hydrogens (tertiary/aromatic N) is 3. The summed E-state index contributed by atoms with van der Waals surface area (Å²) in [6.45, 7) is 3.31. The monoisotopic (exact) mass is 276 g/mol. The lowest BCUT2D eigenvalue weighted by Crippen LogP contribution is -2.44. The highest BCUT2D eigenvalue weighted by molar-refractivity contribution is 5.86. The van der Waals surface area contributed by atoms with Gasteiger partial charge in [-0.2, -0.15) is 4.98 Å². The Labute approximate surface area is 118 Å². The number of anilines is 1. The van der Waals surface area contributed by atoms with E-state index < -0.39 is 0 Å². The van der Waals surface area contributed by atoms with Crippen molar-refractivity contribution >= 4 is 11.7 Å². The van der Waals surface area contributed by atoms with Crippen molar-refractivity contribution in [1.29, 1.82) is 0 Å². The highest BCUT2D eigenvalue weighted by Crippen LogP contribution is 2.26. The molecule has 2 aliphatic rings. The van der Waals surface area contributed by atoms with Gasteiger partial charge in [-0.15, -0.1) is 0 Å². The zero-order valence-corrected chi connectivity index (χ0v) is 11.7. The van der Waals surface area contributed by atoms with E-state index in [2.05, 4.69) is 15.3 Å². The van der Waals surface area contributed by atoms with Gasteiger partial charge in [-0.1, -0.05) is 0 Å². The summed E-state index contributed by atoms with van der Waals surface area (Å²) < 4.78 is 5.38. The fourth-order valence-electron chi connectivity index (χ4n) is 2.53. The normalized spacial score (nSPS) is 21.9. The quantitative estimate of drug-likeness (QED) is 0.873. The van der Waals surface area contributed by atoms with E-state index in [4.69, 9.17) is 4.74 Å². The molecule has 1 aliphatic heterocycles. The molecule has 3 rings (SSSR count). The molecule has 1 aliphatic carbocycles. The van der Waals surface area contributed by atoms with Crippen molar-refractivity contribution in [2.45, 2.75) is 44.7 Å². The van der Waals surface area contributed by atoms with Crippen molar-refractivity contribution in [3.8, 4) is 5.88 Å². The Morgan fingerprint density at radius 3 is 3.05 bits per heavy atom. The van der Waals surface area contributed by atoms with Gasteiger partial charge >= 0.3 is 0 Å². The van der Waals surface area contributed by atoms with E-state index in [1.807, 2.05) is 11.8 Å². The lowest BCUT2D eigenvalue weighted by Gasteiger charge is -2.24. The van der Waals surface area contributed by atoms with E-state index >= 15 is 0 Å². The first-order valence-electron chi connectivity index (χ1n) is 7.30. The number of carbonyl (C=O) groups excluding carboxylic acids is 1. The van der Waals surface area contributed by atoms with Crippen LogP contribution >= 0.6 is 0 Å². The Morgan fingerprint density at radius 1 is 1.45 bits per heavy atom. The third-order valence-corrected chi connectivity index (χ3v) is 3.67. The second-order valence-electron chi connectivity index (χ2n) is 5.28. The summed E-state index contributed by atoms with van der Waals surface area (Å²) in [6.07, 6.45) is 7.40. The molecule has 1 saturated heterocycles. The first-order chi connectivity index (χ1) is 9.78. The van der Waals surface area contributed by atoms with Gasteiger partial charge in [0.2, 0.25) is 11.8 Å². The molecule has 1 atom stereocenters. The Hall–Kier alpha value is -1.85. The first kappa shape index (κ1) is 13.1. The smallest absolute Gasteiger partial charge is 0.242 e. The molecule has 2 heterocycles. The predicted octanol–water partition coefficient (Wildman–Crippen LogP) is 1.12. The molecular weight excluding hydrogens is 256 g/mol. The first-order valence-corrected chi connectivity index (χ1v) is 7.30. The van der Waals surface area contributed by atoms with Crippen LogP contribution in [0.2, 0.25) is 0 Å². The molecule has 6 heteroatoms. The van der Waals surface area contributed by atoms with Gasteiger partial charge in [0, 0.05) is 12.6 Å². The molecular formula is C14H20N4O2. The molecule has 108 valence electrons. The molecule has 2 fully saturated rings. The highest BCUT2D eigenvalue weighted by Gasteiger charge is 2.34. The zero-order chi connectivity index (χ0) is 13.9. The van der Waals surface area contributed by atoms with Gasteiger partial charge < -0.3 is 15.0 Å². The van der Waals surface area contributed by atoms with Crippen molar-refractivity contribution in [1.82, 2.24) is 15.3 Å². The van der Waals surface area contributed by atoms with Crippen LogP contribution in [0.25, 0.3) is 0 Å². The Kier molecular flexibility index (Phi) is 3.71. The summed E-state index contributed by atoms with van der Waals surface area (Å²) in [5, 5.41) is 3.08. The molecule has 0 spiro atoms. The van der Waals surface area contributed by atoms with Crippen molar-refractivity contribution < 1.29 is 9.53 Å². The number of nitrogens with one attached hydrogen (secondary N) is 1. The molecule has 0 radical (unpaired) electrons. The van der Waals surface area contributed by atoms with Crippen molar-refractivity contribution in [2.75, 3.05) is 18.1 Å². The van der Waals surface area contributed by atoms with E-state index in [-0.39, 0.29) is 11.9 Å². The van der Waals surface area contributed by atoms with E-state index in [9.17, 15) is 4.79 Å². The largest absolute Gasteiger partial charge is 0.477 e. The molecule has 0 unspecified atom stereocenters. The average Bonchev–Trinajstić information content (AvgIpc) is 3.12. The number of carbonyl (C=O) groups is 1. The van der Waals surface area contributed by atoms with Gasteiger partial charge in [0.15, 0.2) is 5.82 Å². The van der Waals surface area contributed by atoms with Gasteiger partial charge in [-0.3, -0.25) is 9.78 Å². The van der Waals surface area contributed by atoms with E-state index in [0.29, 0.717) is 18.5 Å². The maximum atomic E-state index is 12.3. The van der Waals surface area contributed by atoms with E-state index in [1.54, 1.807) is 12.4 Å². The van der Waals surface area contributed by atoms with E-state index in [1.165, 1.54) is 0 Å². The third-order valence-electron chi connectivity index (χ3n) is 3.67. The van der Waals surface area contributed by atoms with Crippen LogP contribution in [0.3, 0.4) is 0 Å². The third kappa shape index (κ3) is 2.84. The maximum absolute atomic E-state index is 12.3. The number of hydrogen-bond donors (Lipinski definition) is 1. The van der Waals surface area contributed by atoms with Gasteiger partial charge in [-0.05, 0) is 32.6 Å². The summed E-state index contributed by atoms with van der Waals surface area (Å²) >= 11 is 0. The minimum atomic E-state index is -0.123. The van der Waals surface area contributed by atoms with Crippen LogP contribution in [0.5, 0.6) is 5.88 Å². The molecule has 0 aromatic carbocycles. The summed E-state index contributed by atoms with van der Waals surface area (Å²) in [7, 11) is 0. The molecule has 20 heavy (non-hydrogen) atoms. The SMILES string of the molecule is CCOc1cncc(N2CCC[C@@H]2C(=O)NC2CC2)n1. The van der Waals surface area contributed by atoms with Gasteiger partial charge in [-0.25, -0.2) is 0 Å². The zero-order valence-electron chi connectivity index (χ0n) is 11.7. The van der Waals surface area contributed by atoms with Crippen molar-refractivity contribution in [3.63, 3.8) is 0 Å². The molecule has 1 amide bonds. The van der Waals surface area contributed by atoms with Crippen LogP contribution in [-0.4, -0.2) is 41.1 Å². The fourth-order valence-corrected chi connectivity index (χ4v) is 2.53. The Bertz CT molecular complexity index is 490. The summed E-state index contributed by atoms with van der Waals surface area (Å²) in [5.74, 6) is 1.36. The standard InChI is InChI=1S/C14H20N4O2/c1-2-20-13-9-15-8-12(17-13)18-7-3-4-11(18)14(19)16-10-5-6-10/h8-11H,2-7H2,1H3,(H,16,19)/t11-/m1/s1. The summed E-state index contributed by atoms with van der Waals surface area (Å²) in [5.41, 5.74) is 0. The highest BCUT2D eigenvalue weighted by atomic mass is 16.5. The van der Waals surface area contributed by atoms with Gasteiger partial charge in [0.1, 0.15) is 6.04 Å². The maximum Gasteiger partial charge on any atom is 0.242 e. The minimum absolute atomic E-state index is 0.119. The van der Waals surface area contributed by atoms with Gasteiger partial charge in [0.25, 0.3) is 0 Å². The molecule has 1 N–H and O–H groups in total. The number of hydrogen-bond acceptors (Lipinski definition) is 5. The minimum Gasteiger partial charge on any atom is -0.477 e. The lowest BCUT2D eigenvalue weighted by atomic mass is 10.2. The predicted molar refractivity (Wildman–Crippen MR) is 74.7 cm³/mol. The van der Waals surface area contributed by atoms with Crippen molar-refractivity contribution in [2.24, 2.45) is 0 Å². The fraction of sp³-hybridized carbons (Fsp3) is 0.643. The Morgan fingerprint density at radius 2 is 2.30 bits per heavy atom. The average molecular weight is 276 g/mol. The van der Waals surface area contributed by atoms with Gasteiger partial charge in [0.05, 0.1) is 19.0 Å². The van der Waals surface area contributed by atoms with Crippen LogP contribution in [0.1, 0.15) is 32.6 Å². The number of amides is 1. The number of ether oxygens (including phenoxy) is 1. The molecule has 1 saturated carbocycles. The van der Waals surface area contributed by atoms with Crippen molar-refractivity contribution in [3.05, 3.63) is 12.4 Å². The Balaban J connectivity index is 1.73. The topological polar surface area (TPSA) is 67.3 Å². The number of rotatable bonds is 5. The number of aromatic nitrogens is 2.